The SMILES string of the molecule is Cc1cc(N2CCCCC2)ccc1/C=C1/SC(=O)N(CCCc2ccccc2)C1=O. The van der Waals surface area contributed by atoms with Crippen molar-refractivity contribution < 1.29 is 9.59 Å². The summed E-state index contributed by atoms with van der Waals surface area (Å²) in [4.78, 5) is 29.5. The first-order valence-electron chi connectivity index (χ1n) is 10.8. The summed E-state index contributed by atoms with van der Waals surface area (Å²) in [6.45, 7) is 4.76. The first-order chi connectivity index (χ1) is 14.6. The first-order valence-corrected chi connectivity index (χ1v) is 11.6. The highest BCUT2D eigenvalue weighted by molar-refractivity contribution is 8.18. The molecule has 4 nitrogen and oxygen atoms in total. The van der Waals surface area contributed by atoms with Crippen LogP contribution in [0.3, 0.4) is 0 Å². The highest BCUT2D eigenvalue weighted by atomic mass is 32.2. The van der Waals surface area contributed by atoms with Gasteiger partial charge in [-0.15, -0.1) is 0 Å². The van der Waals surface area contributed by atoms with Crippen LogP contribution in [0.5, 0.6) is 0 Å². The average molecular weight is 421 g/mol. The van der Waals surface area contributed by atoms with Crippen molar-refractivity contribution in [2.75, 3.05) is 24.5 Å². The maximum Gasteiger partial charge on any atom is 0.293 e. The second-order valence-electron chi connectivity index (χ2n) is 8.01. The third kappa shape index (κ3) is 4.78. The van der Waals surface area contributed by atoms with Gasteiger partial charge < -0.3 is 4.90 Å². The van der Waals surface area contributed by atoms with Gasteiger partial charge in [-0.1, -0.05) is 36.4 Å². The standard InChI is InChI=1S/C25H28N2O2S/c1-19-17-22(26-14-6-3-7-15-26)13-12-21(19)18-23-24(28)27(25(29)30-23)16-8-11-20-9-4-2-5-10-20/h2,4-5,9-10,12-13,17-18H,3,6-8,11,14-16H2,1H3/b23-18+. The van der Waals surface area contributed by atoms with Crippen LogP contribution in [-0.4, -0.2) is 35.7 Å². The van der Waals surface area contributed by atoms with Crippen molar-refractivity contribution in [3.8, 4) is 0 Å². The van der Waals surface area contributed by atoms with E-state index in [1.807, 2.05) is 24.3 Å². The van der Waals surface area contributed by atoms with Crippen LogP contribution in [0.25, 0.3) is 6.08 Å². The lowest BCUT2D eigenvalue weighted by Gasteiger charge is -2.29. The Balaban J connectivity index is 1.41. The molecular weight excluding hydrogens is 392 g/mol. The molecule has 4 rings (SSSR count). The van der Waals surface area contributed by atoms with E-state index >= 15 is 0 Å². The fourth-order valence-corrected chi connectivity index (χ4v) is 4.95. The topological polar surface area (TPSA) is 40.6 Å². The van der Waals surface area contributed by atoms with Crippen LogP contribution in [0.1, 0.15) is 42.4 Å². The second-order valence-corrected chi connectivity index (χ2v) is 9.00. The van der Waals surface area contributed by atoms with Crippen LogP contribution in [0, 0.1) is 6.92 Å². The van der Waals surface area contributed by atoms with Crippen LogP contribution in [-0.2, 0) is 11.2 Å². The van der Waals surface area contributed by atoms with Crippen molar-refractivity contribution in [3.63, 3.8) is 0 Å². The fourth-order valence-electron chi connectivity index (χ4n) is 4.09. The molecule has 0 aliphatic carbocycles. The van der Waals surface area contributed by atoms with Gasteiger partial charge in [-0.3, -0.25) is 14.5 Å². The molecule has 156 valence electrons. The highest BCUT2D eigenvalue weighted by Crippen LogP contribution is 2.33. The minimum absolute atomic E-state index is 0.165. The Bertz CT molecular complexity index is 949. The number of carbonyl (C=O) groups is 2. The number of carbonyl (C=O) groups excluding carboxylic acids is 2. The molecule has 2 heterocycles. The van der Waals surface area contributed by atoms with Crippen LogP contribution in [0.15, 0.2) is 53.4 Å². The minimum atomic E-state index is -0.169. The summed E-state index contributed by atoms with van der Waals surface area (Å²) in [5.74, 6) is -0.169. The molecule has 0 unspecified atom stereocenters. The van der Waals surface area contributed by atoms with Gasteiger partial charge in [-0.05, 0) is 85.7 Å². The molecule has 0 aromatic heterocycles. The fraction of sp³-hybridized carbons (Fsp3) is 0.360. The number of anilines is 1. The molecule has 0 radical (unpaired) electrons. The van der Waals surface area contributed by atoms with E-state index < -0.39 is 0 Å². The van der Waals surface area contributed by atoms with E-state index in [0.717, 1.165) is 48.8 Å². The van der Waals surface area contributed by atoms with Crippen molar-refractivity contribution in [2.45, 2.75) is 39.0 Å². The zero-order valence-corrected chi connectivity index (χ0v) is 18.3. The van der Waals surface area contributed by atoms with E-state index in [4.69, 9.17) is 0 Å². The monoisotopic (exact) mass is 420 g/mol. The molecule has 2 aliphatic rings. The molecule has 2 aromatic rings. The highest BCUT2D eigenvalue weighted by Gasteiger charge is 2.34. The van der Waals surface area contributed by atoms with Crippen molar-refractivity contribution >= 4 is 34.7 Å². The largest absolute Gasteiger partial charge is 0.372 e. The minimum Gasteiger partial charge on any atom is -0.372 e. The Labute approximate surface area is 182 Å². The number of thioether (sulfide) groups is 1. The quantitative estimate of drug-likeness (QED) is 0.566. The summed E-state index contributed by atoms with van der Waals surface area (Å²) in [7, 11) is 0. The van der Waals surface area contributed by atoms with Crippen LogP contribution in [0.4, 0.5) is 10.5 Å². The summed E-state index contributed by atoms with van der Waals surface area (Å²) in [5, 5.41) is -0.165. The Morgan fingerprint density at radius 1 is 1.00 bits per heavy atom. The maximum atomic E-state index is 12.8. The molecule has 2 saturated heterocycles. The number of rotatable bonds is 6. The smallest absolute Gasteiger partial charge is 0.293 e. The molecule has 0 spiro atoms. The Morgan fingerprint density at radius 2 is 1.77 bits per heavy atom. The van der Waals surface area contributed by atoms with Gasteiger partial charge in [0, 0.05) is 25.3 Å². The number of imide groups is 1. The number of piperidine rings is 1. The van der Waals surface area contributed by atoms with Gasteiger partial charge in [-0.2, -0.15) is 0 Å². The first kappa shape index (κ1) is 20.7. The van der Waals surface area contributed by atoms with Gasteiger partial charge in [0.15, 0.2) is 0 Å². The lowest BCUT2D eigenvalue weighted by Crippen LogP contribution is -2.29. The number of amides is 2. The number of hydrogen-bond donors (Lipinski definition) is 0. The van der Waals surface area contributed by atoms with Crippen molar-refractivity contribution in [1.29, 1.82) is 0 Å². The van der Waals surface area contributed by atoms with Crippen LogP contribution in [0.2, 0.25) is 0 Å². The van der Waals surface area contributed by atoms with E-state index in [9.17, 15) is 9.59 Å². The number of hydrogen-bond acceptors (Lipinski definition) is 4. The van der Waals surface area contributed by atoms with Crippen LogP contribution < -0.4 is 4.90 Å². The van der Waals surface area contributed by atoms with Crippen LogP contribution >= 0.6 is 11.8 Å². The summed E-state index contributed by atoms with van der Waals surface area (Å²) >= 11 is 1.05. The maximum absolute atomic E-state index is 12.8. The van der Waals surface area contributed by atoms with E-state index in [2.05, 4.69) is 42.2 Å². The third-order valence-electron chi connectivity index (χ3n) is 5.82. The molecular formula is C25H28N2O2S. The Hall–Kier alpha value is -2.53. The van der Waals surface area contributed by atoms with E-state index in [-0.39, 0.29) is 11.1 Å². The molecule has 2 amide bonds. The number of aryl methyl sites for hydroxylation is 2. The molecule has 30 heavy (non-hydrogen) atoms. The number of nitrogens with zero attached hydrogens (tertiary/aromatic N) is 2. The van der Waals surface area contributed by atoms with Crippen molar-refractivity contribution in [3.05, 3.63) is 70.1 Å². The van der Waals surface area contributed by atoms with E-state index in [1.54, 1.807) is 0 Å². The van der Waals surface area contributed by atoms with Crippen molar-refractivity contribution in [2.24, 2.45) is 0 Å². The molecule has 0 N–H and O–H groups in total. The summed E-state index contributed by atoms with van der Waals surface area (Å²) in [6.07, 6.45) is 7.32. The van der Waals surface area contributed by atoms with Gasteiger partial charge in [0.25, 0.3) is 11.1 Å². The second kappa shape index (κ2) is 9.52. The van der Waals surface area contributed by atoms with Gasteiger partial charge >= 0.3 is 0 Å². The summed E-state index contributed by atoms with van der Waals surface area (Å²) in [6, 6.07) is 16.6. The van der Waals surface area contributed by atoms with Gasteiger partial charge in [0.05, 0.1) is 4.91 Å². The van der Waals surface area contributed by atoms with E-state index in [1.165, 1.54) is 35.4 Å². The van der Waals surface area contributed by atoms with E-state index in [0.29, 0.717) is 11.4 Å². The molecule has 0 atom stereocenters. The molecule has 2 aliphatic heterocycles. The predicted octanol–water partition coefficient (Wildman–Crippen LogP) is 5.65. The summed E-state index contributed by atoms with van der Waals surface area (Å²) in [5.41, 5.74) is 4.61. The molecule has 2 fully saturated rings. The predicted molar refractivity (Wildman–Crippen MR) is 125 cm³/mol. The zero-order valence-electron chi connectivity index (χ0n) is 17.5. The normalized spacial score (nSPS) is 18.5. The average Bonchev–Trinajstić information content (AvgIpc) is 3.04. The lowest BCUT2D eigenvalue weighted by atomic mass is 10.0. The lowest BCUT2D eigenvalue weighted by molar-refractivity contribution is -0.122. The van der Waals surface area contributed by atoms with Crippen molar-refractivity contribution in [1.82, 2.24) is 4.90 Å². The van der Waals surface area contributed by atoms with Gasteiger partial charge in [0.1, 0.15) is 0 Å². The van der Waals surface area contributed by atoms with Gasteiger partial charge in [-0.25, -0.2) is 0 Å². The summed E-state index contributed by atoms with van der Waals surface area (Å²) < 4.78 is 0. The Kier molecular flexibility index (Phi) is 6.58. The molecule has 5 heteroatoms. The third-order valence-corrected chi connectivity index (χ3v) is 6.73. The molecule has 2 aromatic carbocycles. The molecule has 0 bridgehead atoms. The molecule has 0 saturated carbocycles. The zero-order chi connectivity index (χ0) is 20.9. The number of benzene rings is 2. The Morgan fingerprint density at radius 3 is 2.50 bits per heavy atom. The van der Waals surface area contributed by atoms with Gasteiger partial charge in [0.2, 0.25) is 0 Å².